The van der Waals surface area contributed by atoms with Crippen LogP contribution in [0.2, 0.25) is 0 Å². The lowest BCUT2D eigenvalue weighted by atomic mass is 10.0. The molecule has 0 heterocycles. The maximum absolute atomic E-state index is 13.0. The second-order valence-corrected chi connectivity index (χ2v) is 5.66. The molecule has 0 radical (unpaired) electrons. The highest BCUT2D eigenvalue weighted by Gasteiger charge is 2.12. The van der Waals surface area contributed by atoms with E-state index in [1.807, 2.05) is 6.92 Å². The summed E-state index contributed by atoms with van der Waals surface area (Å²) in [5, 5.41) is 2.97. The first-order valence-corrected chi connectivity index (χ1v) is 6.97. The van der Waals surface area contributed by atoms with Crippen molar-refractivity contribution in [2.45, 2.75) is 53.0 Å². The van der Waals surface area contributed by atoms with Crippen LogP contribution in [0, 0.1) is 18.7 Å². The topological polar surface area (TPSA) is 29.1 Å². The SMILES string of the molecule is Cc1cc(F)ccc1C(=O)NC(C)CCCC(C)C. The first-order chi connectivity index (χ1) is 8.90. The molecule has 1 atom stereocenters. The molecule has 1 unspecified atom stereocenters. The average Bonchev–Trinajstić information content (AvgIpc) is 2.27. The maximum atomic E-state index is 13.0. The van der Waals surface area contributed by atoms with Crippen molar-refractivity contribution < 1.29 is 9.18 Å². The van der Waals surface area contributed by atoms with Crippen LogP contribution in [0.5, 0.6) is 0 Å². The fraction of sp³-hybridized carbons (Fsp3) is 0.562. The van der Waals surface area contributed by atoms with Gasteiger partial charge in [-0.05, 0) is 49.9 Å². The van der Waals surface area contributed by atoms with E-state index in [1.54, 1.807) is 13.0 Å². The van der Waals surface area contributed by atoms with Crippen LogP contribution in [-0.2, 0) is 0 Å². The molecule has 0 spiro atoms. The second-order valence-electron chi connectivity index (χ2n) is 5.66. The Balaban J connectivity index is 2.50. The van der Waals surface area contributed by atoms with Crippen LogP contribution in [0.4, 0.5) is 4.39 Å². The number of halogens is 1. The summed E-state index contributed by atoms with van der Waals surface area (Å²) in [6.07, 6.45) is 3.27. The lowest BCUT2D eigenvalue weighted by molar-refractivity contribution is 0.0937. The van der Waals surface area contributed by atoms with E-state index in [1.165, 1.54) is 18.6 Å². The van der Waals surface area contributed by atoms with E-state index in [0.717, 1.165) is 12.8 Å². The monoisotopic (exact) mass is 265 g/mol. The van der Waals surface area contributed by atoms with Gasteiger partial charge in [0.25, 0.3) is 5.91 Å². The molecule has 0 saturated carbocycles. The highest BCUT2D eigenvalue weighted by molar-refractivity contribution is 5.95. The minimum Gasteiger partial charge on any atom is -0.350 e. The first-order valence-electron chi connectivity index (χ1n) is 6.97. The third-order valence-corrected chi connectivity index (χ3v) is 3.23. The van der Waals surface area contributed by atoms with Crippen LogP contribution in [0.25, 0.3) is 0 Å². The van der Waals surface area contributed by atoms with Crippen LogP contribution in [-0.4, -0.2) is 11.9 Å². The zero-order valence-electron chi connectivity index (χ0n) is 12.3. The third kappa shape index (κ3) is 5.41. The standard InChI is InChI=1S/C16H24FNO/c1-11(2)6-5-7-13(4)18-16(19)15-9-8-14(17)10-12(15)3/h8-11,13H,5-7H2,1-4H3,(H,18,19). The number of hydrogen-bond donors (Lipinski definition) is 1. The van der Waals surface area contributed by atoms with Crippen LogP contribution in [0.15, 0.2) is 18.2 Å². The van der Waals surface area contributed by atoms with Gasteiger partial charge in [0.15, 0.2) is 0 Å². The van der Waals surface area contributed by atoms with E-state index < -0.39 is 0 Å². The Morgan fingerprint density at radius 2 is 1.95 bits per heavy atom. The Morgan fingerprint density at radius 3 is 2.53 bits per heavy atom. The first kappa shape index (κ1) is 15.7. The van der Waals surface area contributed by atoms with Gasteiger partial charge in [-0.25, -0.2) is 4.39 Å². The van der Waals surface area contributed by atoms with Gasteiger partial charge >= 0.3 is 0 Å². The molecule has 0 aromatic heterocycles. The molecule has 1 aromatic carbocycles. The van der Waals surface area contributed by atoms with Crippen LogP contribution in [0.3, 0.4) is 0 Å². The van der Waals surface area contributed by atoms with E-state index in [2.05, 4.69) is 19.2 Å². The largest absolute Gasteiger partial charge is 0.350 e. The number of aryl methyl sites for hydroxylation is 1. The number of rotatable bonds is 6. The van der Waals surface area contributed by atoms with Crippen molar-refractivity contribution in [3.8, 4) is 0 Å². The van der Waals surface area contributed by atoms with Gasteiger partial charge in [0.1, 0.15) is 5.82 Å². The van der Waals surface area contributed by atoms with Gasteiger partial charge in [-0.1, -0.05) is 26.7 Å². The molecule has 1 aromatic rings. The smallest absolute Gasteiger partial charge is 0.251 e. The molecule has 0 aliphatic carbocycles. The number of carbonyl (C=O) groups is 1. The van der Waals surface area contributed by atoms with Gasteiger partial charge < -0.3 is 5.32 Å². The Hall–Kier alpha value is -1.38. The van der Waals surface area contributed by atoms with E-state index >= 15 is 0 Å². The van der Waals surface area contributed by atoms with Crippen molar-refractivity contribution in [2.75, 3.05) is 0 Å². The zero-order valence-corrected chi connectivity index (χ0v) is 12.3. The van der Waals surface area contributed by atoms with Crippen LogP contribution < -0.4 is 5.32 Å². The summed E-state index contributed by atoms with van der Waals surface area (Å²) in [4.78, 5) is 12.1. The molecule has 0 aliphatic rings. The summed E-state index contributed by atoms with van der Waals surface area (Å²) in [6.45, 7) is 8.16. The summed E-state index contributed by atoms with van der Waals surface area (Å²) in [5.41, 5.74) is 1.23. The summed E-state index contributed by atoms with van der Waals surface area (Å²) in [6, 6.07) is 4.40. The molecule has 0 aliphatic heterocycles. The molecule has 106 valence electrons. The normalized spacial score (nSPS) is 12.5. The van der Waals surface area contributed by atoms with Gasteiger partial charge in [-0.15, -0.1) is 0 Å². The van der Waals surface area contributed by atoms with Crippen LogP contribution in [0.1, 0.15) is 56.0 Å². The van der Waals surface area contributed by atoms with Gasteiger partial charge in [0.2, 0.25) is 0 Å². The molecule has 19 heavy (non-hydrogen) atoms. The van der Waals surface area contributed by atoms with E-state index in [4.69, 9.17) is 0 Å². The van der Waals surface area contributed by atoms with Crippen molar-refractivity contribution in [3.05, 3.63) is 35.1 Å². The Kier molecular flexibility index (Phi) is 6.00. The number of nitrogens with one attached hydrogen (secondary N) is 1. The molecule has 0 saturated heterocycles. The number of hydrogen-bond acceptors (Lipinski definition) is 1. The highest BCUT2D eigenvalue weighted by Crippen LogP contribution is 2.12. The maximum Gasteiger partial charge on any atom is 0.251 e. The van der Waals surface area contributed by atoms with Gasteiger partial charge in [-0.2, -0.15) is 0 Å². The fourth-order valence-electron chi connectivity index (χ4n) is 2.09. The molecule has 1 rings (SSSR count). The predicted molar refractivity (Wildman–Crippen MR) is 76.8 cm³/mol. The summed E-state index contributed by atoms with van der Waals surface area (Å²) in [5.74, 6) is 0.274. The summed E-state index contributed by atoms with van der Waals surface area (Å²) >= 11 is 0. The molecule has 1 amide bonds. The van der Waals surface area contributed by atoms with Crippen LogP contribution >= 0.6 is 0 Å². The Bertz CT molecular complexity index is 429. The van der Waals surface area contributed by atoms with Crippen molar-refractivity contribution in [2.24, 2.45) is 5.92 Å². The van der Waals surface area contributed by atoms with Crippen molar-refractivity contribution in [3.63, 3.8) is 0 Å². The predicted octanol–water partition coefficient (Wildman–Crippen LogP) is 4.08. The molecular formula is C16H24FNO. The molecule has 0 fully saturated rings. The summed E-state index contributed by atoms with van der Waals surface area (Å²) < 4.78 is 13.0. The molecule has 0 bridgehead atoms. The van der Waals surface area contributed by atoms with E-state index in [0.29, 0.717) is 17.0 Å². The number of carbonyl (C=O) groups excluding carboxylic acids is 1. The van der Waals surface area contributed by atoms with E-state index in [9.17, 15) is 9.18 Å². The second kappa shape index (κ2) is 7.27. The minimum atomic E-state index is -0.306. The van der Waals surface area contributed by atoms with Crippen molar-refractivity contribution in [1.29, 1.82) is 0 Å². The molecular weight excluding hydrogens is 241 g/mol. The highest BCUT2D eigenvalue weighted by atomic mass is 19.1. The third-order valence-electron chi connectivity index (χ3n) is 3.23. The van der Waals surface area contributed by atoms with Crippen molar-refractivity contribution in [1.82, 2.24) is 5.32 Å². The quantitative estimate of drug-likeness (QED) is 0.825. The zero-order chi connectivity index (χ0) is 14.4. The average molecular weight is 265 g/mol. The van der Waals surface area contributed by atoms with E-state index in [-0.39, 0.29) is 17.8 Å². The number of benzene rings is 1. The summed E-state index contributed by atoms with van der Waals surface area (Å²) in [7, 11) is 0. The van der Waals surface area contributed by atoms with Gasteiger partial charge in [-0.3, -0.25) is 4.79 Å². The Labute approximate surface area is 115 Å². The number of amides is 1. The van der Waals surface area contributed by atoms with Crippen molar-refractivity contribution >= 4 is 5.91 Å². The lowest BCUT2D eigenvalue weighted by Crippen LogP contribution is -2.33. The van der Waals surface area contributed by atoms with Gasteiger partial charge in [0, 0.05) is 11.6 Å². The molecule has 1 N–H and O–H groups in total. The molecule has 3 heteroatoms. The van der Waals surface area contributed by atoms with Gasteiger partial charge in [0.05, 0.1) is 0 Å². The minimum absolute atomic E-state index is 0.116. The Morgan fingerprint density at radius 1 is 1.26 bits per heavy atom. The molecule has 2 nitrogen and oxygen atoms in total. The fourth-order valence-corrected chi connectivity index (χ4v) is 2.09. The lowest BCUT2D eigenvalue weighted by Gasteiger charge is -2.15.